The number of thiol groups is 1. The minimum Gasteiger partial charge on any atom is -0.496 e. The maximum Gasteiger partial charge on any atom is 0.133 e. The Morgan fingerprint density at radius 2 is 2.20 bits per heavy atom. The van der Waals surface area contributed by atoms with Crippen LogP contribution in [-0.4, -0.2) is 26.0 Å². The van der Waals surface area contributed by atoms with E-state index in [4.69, 9.17) is 4.74 Å². The molecule has 15 heavy (non-hydrogen) atoms. The topological polar surface area (TPSA) is 21.3 Å². The number of methoxy groups -OCH3 is 1. The molecule has 0 aromatic heterocycles. The van der Waals surface area contributed by atoms with E-state index >= 15 is 0 Å². The lowest BCUT2D eigenvalue weighted by atomic mass is 10.1. The summed E-state index contributed by atoms with van der Waals surface area (Å²) in [5.41, 5.74) is 1.30. The standard InChI is InChI=1S/C11H16BrNOS/c1-14-11-3-2-9(8-10(11)12)4-5-13-6-7-15/h2-3,8,13,15H,4-7H2,1H3. The third kappa shape index (κ3) is 4.45. The summed E-state index contributed by atoms with van der Waals surface area (Å²) in [7, 11) is 1.67. The second-order valence-corrected chi connectivity index (χ2v) is 4.49. The molecule has 0 aliphatic rings. The van der Waals surface area contributed by atoms with E-state index in [0.717, 1.165) is 35.5 Å². The first kappa shape index (κ1) is 12.9. The molecule has 84 valence electrons. The van der Waals surface area contributed by atoms with Gasteiger partial charge in [0, 0.05) is 12.3 Å². The molecule has 0 aliphatic carbocycles. The van der Waals surface area contributed by atoms with Crippen LogP contribution in [-0.2, 0) is 6.42 Å². The molecule has 0 fully saturated rings. The second-order valence-electron chi connectivity index (χ2n) is 3.19. The number of nitrogens with one attached hydrogen (secondary N) is 1. The minimum absolute atomic E-state index is 0.877. The first-order valence-corrected chi connectivity index (χ1v) is 6.34. The molecular weight excluding hydrogens is 274 g/mol. The number of rotatable bonds is 6. The monoisotopic (exact) mass is 289 g/mol. The van der Waals surface area contributed by atoms with E-state index in [-0.39, 0.29) is 0 Å². The van der Waals surface area contributed by atoms with E-state index in [0.29, 0.717) is 0 Å². The van der Waals surface area contributed by atoms with Crippen LogP contribution in [0.3, 0.4) is 0 Å². The molecule has 0 amide bonds. The Kier molecular flexibility index (Phi) is 6.13. The fourth-order valence-corrected chi connectivity index (χ4v) is 2.05. The third-order valence-electron chi connectivity index (χ3n) is 2.10. The van der Waals surface area contributed by atoms with Crippen molar-refractivity contribution in [3.8, 4) is 5.75 Å². The number of ether oxygens (including phenoxy) is 1. The third-order valence-corrected chi connectivity index (χ3v) is 2.94. The van der Waals surface area contributed by atoms with Gasteiger partial charge in [0.25, 0.3) is 0 Å². The SMILES string of the molecule is COc1ccc(CCNCCS)cc1Br. The molecular formula is C11H16BrNOS. The Labute approximate surface area is 105 Å². The first-order chi connectivity index (χ1) is 7.27. The Balaban J connectivity index is 2.45. The van der Waals surface area contributed by atoms with Gasteiger partial charge in [-0.2, -0.15) is 12.6 Å². The van der Waals surface area contributed by atoms with Gasteiger partial charge >= 0.3 is 0 Å². The van der Waals surface area contributed by atoms with Crippen molar-refractivity contribution in [3.63, 3.8) is 0 Å². The van der Waals surface area contributed by atoms with Crippen molar-refractivity contribution in [2.24, 2.45) is 0 Å². The highest BCUT2D eigenvalue weighted by atomic mass is 79.9. The van der Waals surface area contributed by atoms with Crippen molar-refractivity contribution >= 4 is 28.6 Å². The number of hydrogen-bond donors (Lipinski definition) is 2. The van der Waals surface area contributed by atoms with Crippen LogP contribution in [0.1, 0.15) is 5.56 Å². The van der Waals surface area contributed by atoms with E-state index in [1.165, 1.54) is 5.56 Å². The fraction of sp³-hybridized carbons (Fsp3) is 0.455. The zero-order chi connectivity index (χ0) is 11.1. The number of benzene rings is 1. The lowest BCUT2D eigenvalue weighted by Crippen LogP contribution is -2.19. The molecule has 0 heterocycles. The Bertz CT molecular complexity index is 307. The lowest BCUT2D eigenvalue weighted by molar-refractivity contribution is 0.412. The summed E-state index contributed by atoms with van der Waals surface area (Å²) in [5, 5.41) is 3.31. The molecule has 0 bridgehead atoms. The Morgan fingerprint density at radius 3 is 2.80 bits per heavy atom. The van der Waals surface area contributed by atoms with E-state index in [2.05, 4.69) is 46.0 Å². The molecule has 1 aromatic rings. The molecule has 0 radical (unpaired) electrons. The van der Waals surface area contributed by atoms with Crippen LogP contribution in [0.5, 0.6) is 5.75 Å². The normalized spacial score (nSPS) is 10.3. The van der Waals surface area contributed by atoms with Crippen LogP contribution in [0.4, 0.5) is 0 Å². The fourth-order valence-electron chi connectivity index (χ4n) is 1.30. The summed E-state index contributed by atoms with van der Waals surface area (Å²) in [6.07, 6.45) is 1.02. The minimum atomic E-state index is 0.877. The van der Waals surface area contributed by atoms with Gasteiger partial charge in [-0.3, -0.25) is 0 Å². The van der Waals surface area contributed by atoms with Gasteiger partial charge in [-0.25, -0.2) is 0 Å². The molecule has 1 aromatic carbocycles. The Morgan fingerprint density at radius 1 is 1.40 bits per heavy atom. The maximum absolute atomic E-state index is 5.17. The van der Waals surface area contributed by atoms with Crippen molar-refractivity contribution in [2.75, 3.05) is 26.0 Å². The molecule has 2 nitrogen and oxygen atoms in total. The molecule has 0 atom stereocenters. The number of hydrogen-bond acceptors (Lipinski definition) is 3. The van der Waals surface area contributed by atoms with Gasteiger partial charge in [0.05, 0.1) is 11.6 Å². The maximum atomic E-state index is 5.17. The highest BCUT2D eigenvalue weighted by molar-refractivity contribution is 9.10. The van der Waals surface area contributed by atoms with Crippen LogP contribution < -0.4 is 10.1 Å². The highest BCUT2D eigenvalue weighted by Crippen LogP contribution is 2.25. The van der Waals surface area contributed by atoms with Gasteiger partial charge in [-0.15, -0.1) is 0 Å². The van der Waals surface area contributed by atoms with Crippen molar-refractivity contribution in [2.45, 2.75) is 6.42 Å². The molecule has 1 rings (SSSR count). The summed E-state index contributed by atoms with van der Waals surface area (Å²) in [5.74, 6) is 1.76. The van der Waals surface area contributed by atoms with Crippen LogP contribution in [0, 0.1) is 0 Å². The summed E-state index contributed by atoms with van der Waals surface area (Å²) < 4.78 is 6.18. The zero-order valence-electron chi connectivity index (χ0n) is 8.79. The molecule has 0 aliphatic heterocycles. The van der Waals surface area contributed by atoms with Crippen molar-refractivity contribution < 1.29 is 4.74 Å². The summed E-state index contributed by atoms with van der Waals surface area (Å²) in [4.78, 5) is 0. The van der Waals surface area contributed by atoms with Gasteiger partial charge in [0.1, 0.15) is 5.75 Å². The van der Waals surface area contributed by atoms with Crippen molar-refractivity contribution in [1.82, 2.24) is 5.32 Å². The molecule has 0 unspecified atom stereocenters. The van der Waals surface area contributed by atoms with Gasteiger partial charge in [-0.05, 0) is 46.6 Å². The van der Waals surface area contributed by atoms with E-state index < -0.39 is 0 Å². The Hall–Kier alpha value is -0.190. The first-order valence-electron chi connectivity index (χ1n) is 4.92. The average molecular weight is 290 g/mol. The zero-order valence-corrected chi connectivity index (χ0v) is 11.3. The van der Waals surface area contributed by atoms with Gasteiger partial charge < -0.3 is 10.1 Å². The summed E-state index contributed by atoms with van der Waals surface area (Å²) in [6, 6.07) is 6.17. The second kappa shape index (κ2) is 7.14. The van der Waals surface area contributed by atoms with Crippen LogP contribution >= 0.6 is 28.6 Å². The van der Waals surface area contributed by atoms with Crippen molar-refractivity contribution in [1.29, 1.82) is 0 Å². The molecule has 0 saturated carbocycles. The lowest BCUT2D eigenvalue weighted by Gasteiger charge is -2.06. The molecule has 4 heteroatoms. The predicted molar refractivity (Wildman–Crippen MR) is 71.1 cm³/mol. The van der Waals surface area contributed by atoms with Crippen molar-refractivity contribution in [3.05, 3.63) is 28.2 Å². The van der Waals surface area contributed by atoms with Gasteiger partial charge in [-0.1, -0.05) is 6.07 Å². The summed E-state index contributed by atoms with van der Waals surface area (Å²) in [6.45, 7) is 1.94. The van der Waals surface area contributed by atoms with Crippen LogP contribution in [0.2, 0.25) is 0 Å². The highest BCUT2D eigenvalue weighted by Gasteiger charge is 2.00. The molecule has 1 N–H and O–H groups in total. The summed E-state index contributed by atoms with van der Waals surface area (Å²) >= 11 is 7.61. The largest absolute Gasteiger partial charge is 0.496 e. The van der Waals surface area contributed by atoms with Gasteiger partial charge in [0.15, 0.2) is 0 Å². The number of halogens is 1. The van der Waals surface area contributed by atoms with E-state index in [1.807, 2.05) is 6.07 Å². The predicted octanol–water partition coefficient (Wildman–Crippen LogP) is 2.52. The molecule has 0 saturated heterocycles. The van der Waals surface area contributed by atoms with E-state index in [9.17, 15) is 0 Å². The average Bonchev–Trinajstić information content (AvgIpc) is 2.25. The smallest absolute Gasteiger partial charge is 0.133 e. The van der Waals surface area contributed by atoms with Crippen LogP contribution in [0.25, 0.3) is 0 Å². The quantitative estimate of drug-likeness (QED) is 0.620. The van der Waals surface area contributed by atoms with Gasteiger partial charge in [0.2, 0.25) is 0 Å². The molecule has 0 spiro atoms. The van der Waals surface area contributed by atoms with E-state index in [1.54, 1.807) is 7.11 Å². The van der Waals surface area contributed by atoms with Crippen LogP contribution in [0.15, 0.2) is 22.7 Å².